The van der Waals surface area contributed by atoms with Gasteiger partial charge in [-0.2, -0.15) is 0 Å². The van der Waals surface area contributed by atoms with Crippen LogP contribution in [0.25, 0.3) is 0 Å². The standard InChI is InChI=1S/C16H15NO7/c1-22-12-3-5-13(6-4-12)23-8-9-24-15-10-11(16(18)19)2-7-14(15)17(20)21/h2-7,10H,8-9H2,1H3,(H,18,19). The van der Waals surface area contributed by atoms with Gasteiger partial charge in [0.25, 0.3) is 0 Å². The predicted molar refractivity (Wildman–Crippen MR) is 84.0 cm³/mol. The number of nitro benzene ring substituents is 1. The largest absolute Gasteiger partial charge is 0.497 e. The number of benzene rings is 2. The van der Waals surface area contributed by atoms with Crippen molar-refractivity contribution in [3.63, 3.8) is 0 Å². The predicted octanol–water partition coefficient (Wildman–Crippen LogP) is 2.76. The molecule has 0 spiro atoms. The van der Waals surface area contributed by atoms with Crippen molar-refractivity contribution in [2.75, 3.05) is 20.3 Å². The minimum atomic E-state index is -1.19. The van der Waals surface area contributed by atoms with Gasteiger partial charge in [-0.05, 0) is 30.3 Å². The summed E-state index contributed by atoms with van der Waals surface area (Å²) in [5, 5.41) is 19.9. The molecule has 2 aromatic carbocycles. The second-order valence-corrected chi connectivity index (χ2v) is 4.62. The lowest BCUT2D eigenvalue weighted by molar-refractivity contribution is -0.385. The molecule has 0 heterocycles. The summed E-state index contributed by atoms with van der Waals surface area (Å²) < 4.78 is 15.8. The number of carboxylic acids is 1. The molecule has 0 radical (unpaired) electrons. The van der Waals surface area contributed by atoms with Gasteiger partial charge < -0.3 is 19.3 Å². The lowest BCUT2D eigenvalue weighted by Crippen LogP contribution is -2.10. The highest BCUT2D eigenvalue weighted by Crippen LogP contribution is 2.28. The quantitative estimate of drug-likeness (QED) is 0.449. The molecule has 0 unspecified atom stereocenters. The van der Waals surface area contributed by atoms with Crippen molar-refractivity contribution < 1.29 is 29.0 Å². The van der Waals surface area contributed by atoms with E-state index in [2.05, 4.69) is 0 Å². The van der Waals surface area contributed by atoms with E-state index >= 15 is 0 Å². The number of rotatable bonds is 8. The van der Waals surface area contributed by atoms with E-state index in [1.54, 1.807) is 31.4 Å². The third kappa shape index (κ3) is 4.35. The van der Waals surface area contributed by atoms with Crippen molar-refractivity contribution in [1.82, 2.24) is 0 Å². The number of nitrogens with zero attached hydrogens (tertiary/aromatic N) is 1. The van der Waals surface area contributed by atoms with Crippen molar-refractivity contribution in [3.05, 3.63) is 58.1 Å². The molecule has 2 aromatic rings. The van der Waals surface area contributed by atoms with Gasteiger partial charge in [-0.25, -0.2) is 4.79 Å². The molecule has 2 rings (SSSR count). The van der Waals surface area contributed by atoms with Crippen LogP contribution in [0.15, 0.2) is 42.5 Å². The van der Waals surface area contributed by atoms with Crippen LogP contribution in [0.5, 0.6) is 17.2 Å². The van der Waals surface area contributed by atoms with E-state index in [-0.39, 0.29) is 30.2 Å². The average molecular weight is 333 g/mol. The maximum atomic E-state index is 11.0. The topological polar surface area (TPSA) is 108 Å². The van der Waals surface area contributed by atoms with Gasteiger partial charge in [0.05, 0.1) is 17.6 Å². The Labute approximate surface area is 137 Å². The van der Waals surface area contributed by atoms with E-state index in [9.17, 15) is 14.9 Å². The maximum absolute atomic E-state index is 11.0. The van der Waals surface area contributed by atoms with E-state index in [4.69, 9.17) is 19.3 Å². The second kappa shape index (κ2) is 7.82. The summed E-state index contributed by atoms with van der Waals surface area (Å²) in [7, 11) is 1.56. The monoisotopic (exact) mass is 333 g/mol. The highest BCUT2D eigenvalue weighted by molar-refractivity contribution is 5.88. The summed E-state index contributed by atoms with van der Waals surface area (Å²) in [6, 6.07) is 10.3. The highest BCUT2D eigenvalue weighted by Gasteiger charge is 2.17. The van der Waals surface area contributed by atoms with E-state index in [0.717, 1.165) is 18.2 Å². The van der Waals surface area contributed by atoms with Gasteiger partial charge in [-0.3, -0.25) is 10.1 Å². The van der Waals surface area contributed by atoms with Crippen molar-refractivity contribution in [1.29, 1.82) is 0 Å². The van der Waals surface area contributed by atoms with E-state index in [0.29, 0.717) is 11.5 Å². The van der Waals surface area contributed by atoms with Crippen LogP contribution in [0.3, 0.4) is 0 Å². The van der Waals surface area contributed by atoms with Gasteiger partial charge in [0.15, 0.2) is 5.75 Å². The Bertz CT molecular complexity index is 728. The zero-order valence-electron chi connectivity index (χ0n) is 12.8. The molecule has 126 valence electrons. The van der Waals surface area contributed by atoms with Crippen molar-refractivity contribution in [2.24, 2.45) is 0 Å². The van der Waals surface area contributed by atoms with Crippen LogP contribution in [0.1, 0.15) is 10.4 Å². The maximum Gasteiger partial charge on any atom is 0.335 e. The first-order valence-electron chi connectivity index (χ1n) is 6.92. The number of hydrogen-bond acceptors (Lipinski definition) is 6. The molecule has 0 bridgehead atoms. The Hall–Kier alpha value is -3.29. The van der Waals surface area contributed by atoms with Crippen LogP contribution in [-0.4, -0.2) is 36.3 Å². The average Bonchev–Trinajstić information content (AvgIpc) is 2.58. The van der Waals surface area contributed by atoms with Gasteiger partial charge in [0, 0.05) is 12.1 Å². The van der Waals surface area contributed by atoms with Gasteiger partial charge in [-0.1, -0.05) is 0 Å². The molecule has 8 heteroatoms. The molecular formula is C16H15NO7. The normalized spacial score (nSPS) is 10.0. The fraction of sp³-hybridized carbons (Fsp3) is 0.188. The van der Waals surface area contributed by atoms with Gasteiger partial charge >= 0.3 is 11.7 Å². The molecule has 0 aliphatic heterocycles. The molecule has 24 heavy (non-hydrogen) atoms. The van der Waals surface area contributed by atoms with Crippen molar-refractivity contribution >= 4 is 11.7 Å². The number of hydrogen-bond donors (Lipinski definition) is 1. The molecule has 1 N–H and O–H groups in total. The Morgan fingerprint density at radius 2 is 1.71 bits per heavy atom. The summed E-state index contributed by atoms with van der Waals surface area (Å²) in [5.41, 5.74) is -0.392. The molecule has 0 fully saturated rings. The van der Waals surface area contributed by atoms with Crippen LogP contribution in [0.4, 0.5) is 5.69 Å². The fourth-order valence-corrected chi connectivity index (χ4v) is 1.90. The molecule has 0 aromatic heterocycles. The molecule has 0 saturated carbocycles. The first kappa shape index (κ1) is 17.1. The first-order chi connectivity index (χ1) is 11.5. The summed E-state index contributed by atoms with van der Waals surface area (Å²) in [6.45, 7) is 0.163. The van der Waals surface area contributed by atoms with Gasteiger partial charge in [0.1, 0.15) is 24.7 Å². The smallest absolute Gasteiger partial charge is 0.335 e. The summed E-state index contributed by atoms with van der Waals surface area (Å²) in [5.74, 6) is -0.0182. The van der Waals surface area contributed by atoms with Crippen molar-refractivity contribution in [3.8, 4) is 17.2 Å². The van der Waals surface area contributed by atoms with Gasteiger partial charge in [-0.15, -0.1) is 0 Å². The lowest BCUT2D eigenvalue weighted by Gasteiger charge is -2.09. The molecule has 8 nitrogen and oxygen atoms in total. The summed E-state index contributed by atoms with van der Waals surface area (Å²) in [6.07, 6.45) is 0. The first-order valence-corrected chi connectivity index (χ1v) is 6.92. The Morgan fingerprint density at radius 3 is 2.29 bits per heavy atom. The molecule has 0 saturated heterocycles. The third-order valence-electron chi connectivity index (χ3n) is 3.07. The van der Waals surface area contributed by atoms with Crippen LogP contribution >= 0.6 is 0 Å². The number of methoxy groups -OCH3 is 1. The molecule has 0 amide bonds. The highest BCUT2D eigenvalue weighted by atomic mass is 16.6. The zero-order valence-corrected chi connectivity index (χ0v) is 12.8. The molecule has 0 aliphatic rings. The Balaban J connectivity index is 1.96. The van der Waals surface area contributed by atoms with Crippen molar-refractivity contribution in [2.45, 2.75) is 0 Å². The minimum Gasteiger partial charge on any atom is -0.497 e. The summed E-state index contributed by atoms with van der Waals surface area (Å²) in [4.78, 5) is 21.3. The number of aromatic carboxylic acids is 1. The molecular weight excluding hydrogens is 318 g/mol. The molecule has 0 aliphatic carbocycles. The number of nitro groups is 1. The Kier molecular flexibility index (Phi) is 5.56. The van der Waals surface area contributed by atoms with E-state index in [1.165, 1.54) is 0 Å². The fourth-order valence-electron chi connectivity index (χ4n) is 1.90. The van der Waals surface area contributed by atoms with Crippen LogP contribution < -0.4 is 14.2 Å². The van der Waals surface area contributed by atoms with E-state index < -0.39 is 10.9 Å². The molecule has 0 atom stereocenters. The number of carboxylic acid groups (broad SMARTS) is 1. The third-order valence-corrected chi connectivity index (χ3v) is 3.07. The van der Waals surface area contributed by atoms with Crippen LogP contribution in [0, 0.1) is 10.1 Å². The summed E-state index contributed by atoms with van der Waals surface area (Å²) >= 11 is 0. The number of carbonyl (C=O) groups is 1. The van der Waals surface area contributed by atoms with E-state index in [1.807, 2.05) is 0 Å². The minimum absolute atomic E-state index is 0.0238. The lowest BCUT2D eigenvalue weighted by atomic mass is 10.2. The SMILES string of the molecule is COc1ccc(OCCOc2cc(C(=O)O)ccc2[N+](=O)[O-])cc1. The number of ether oxygens (including phenoxy) is 3. The second-order valence-electron chi connectivity index (χ2n) is 4.62. The van der Waals surface area contributed by atoms with Crippen LogP contribution in [-0.2, 0) is 0 Å². The van der Waals surface area contributed by atoms with Crippen LogP contribution in [0.2, 0.25) is 0 Å². The zero-order chi connectivity index (χ0) is 17.5. The Morgan fingerprint density at radius 1 is 1.08 bits per heavy atom. The van der Waals surface area contributed by atoms with Gasteiger partial charge in [0.2, 0.25) is 0 Å².